The number of carbonyl (C=O) groups excluding carboxylic acids is 2. The third-order valence-corrected chi connectivity index (χ3v) is 2.75. The summed E-state index contributed by atoms with van der Waals surface area (Å²) in [5.74, 6) is -0.525. The van der Waals surface area contributed by atoms with Gasteiger partial charge < -0.3 is 10.6 Å². The Labute approximate surface area is 126 Å². The lowest BCUT2D eigenvalue weighted by Crippen LogP contribution is -2.30. The topological polar surface area (TPSA) is 88.9 Å². The minimum absolute atomic E-state index is 0.0528. The van der Waals surface area contributed by atoms with Crippen molar-refractivity contribution in [1.29, 1.82) is 0 Å². The molecule has 0 aliphatic heterocycles. The van der Waals surface area contributed by atoms with Crippen LogP contribution in [0, 0.1) is 5.82 Å². The summed E-state index contributed by atoms with van der Waals surface area (Å²) in [6.45, 7) is 1.70. The first kappa shape index (κ1) is 15.6. The fraction of sp³-hybridized carbons (Fsp3) is 0.286. The van der Waals surface area contributed by atoms with Gasteiger partial charge in [-0.05, 0) is 24.1 Å². The molecule has 1 heterocycles. The monoisotopic (exact) mass is 305 g/mol. The lowest BCUT2D eigenvalue weighted by Gasteiger charge is -2.05. The summed E-state index contributed by atoms with van der Waals surface area (Å²) in [6.07, 6.45) is 1.90. The lowest BCUT2D eigenvalue weighted by molar-refractivity contribution is -0.122. The largest absolute Gasteiger partial charge is 0.354 e. The maximum atomic E-state index is 13.0. The van der Waals surface area contributed by atoms with Gasteiger partial charge in [-0.25, -0.2) is 4.39 Å². The first-order valence-corrected chi connectivity index (χ1v) is 6.72. The molecule has 2 amide bonds. The van der Waals surface area contributed by atoms with E-state index in [1.54, 1.807) is 12.1 Å². The summed E-state index contributed by atoms with van der Waals surface area (Å²) in [5, 5.41) is 13.0. The number of halogens is 1. The van der Waals surface area contributed by atoms with Gasteiger partial charge in [0.25, 0.3) is 0 Å². The fourth-order valence-corrected chi connectivity index (χ4v) is 1.83. The number of anilines is 1. The highest BCUT2D eigenvalue weighted by Gasteiger charge is 2.07. The van der Waals surface area contributed by atoms with Crippen LogP contribution in [0.15, 0.2) is 30.5 Å². The lowest BCUT2D eigenvalue weighted by atomic mass is 10.1. The summed E-state index contributed by atoms with van der Waals surface area (Å²) in [5.41, 5.74) is 0.811. The van der Waals surface area contributed by atoms with E-state index < -0.39 is 0 Å². The molecule has 0 atom stereocenters. The summed E-state index contributed by atoms with van der Waals surface area (Å²) < 4.78 is 13.0. The molecule has 0 saturated heterocycles. The van der Waals surface area contributed by atoms with E-state index in [2.05, 4.69) is 20.8 Å². The number of amides is 2. The van der Waals surface area contributed by atoms with Gasteiger partial charge in [0.05, 0.1) is 6.20 Å². The molecular weight excluding hydrogens is 289 g/mol. The first-order valence-electron chi connectivity index (χ1n) is 6.72. The number of nitrogens with one attached hydrogen (secondary N) is 2. The van der Waals surface area contributed by atoms with Gasteiger partial charge in [-0.1, -0.05) is 12.1 Å². The predicted octanol–water partition coefficient (Wildman–Crippen LogP) is 0.734. The summed E-state index contributed by atoms with van der Waals surface area (Å²) in [4.78, 5) is 23.8. The molecule has 0 aliphatic rings. The number of hydrogen-bond acceptors (Lipinski definition) is 4. The van der Waals surface area contributed by atoms with Crippen LogP contribution in [0.3, 0.4) is 0 Å². The van der Waals surface area contributed by atoms with Crippen molar-refractivity contribution in [2.75, 3.05) is 11.9 Å². The van der Waals surface area contributed by atoms with Gasteiger partial charge in [-0.15, -0.1) is 5.10 Å². The van der Waals surface area contributed by atoms with E-state index in [4.69, 9.17) is 0 Å². The minimum atomic E-state index is -0.296. The van der Waals surface area contributed by atoms with Crippen LogP contribution in [0.2, 0.25) is 0 Å². The normalized spacial score (nSPS) is 10.3. The van der Waals surface area contributed by atoms with Crippen LogP contribution in [0.5, 0.6) is 0 Å². The van der Waals surface area contributed by atoms with Crippen LogP contribution in [0.25, 0.3) is 0 Å². The van der Waals surface area contributed by atoms with Crippen LogP contribution < -0.4 is 10.6 Å². The second-order valence-electron chi connectivity index (χ2n) is 4.67. The maximum absolute atomic E-state index is 13.0. The van der Waals surface area contributed by atoms with E-state index in [0.29, 0.717) is 18.8 Å². The number of benzene rings is 1. The molecule has 0 radical (unpaired) electrons. The highest BCUT2D eigenvalue weighted by Crippen LogP contribution is 2.03. The van der Waals surface area contributed by atoms with E-state index in [0.717, 1.165) is 5.56 Å². The zero-order valence-corrected chi connectivity index (χ0v) is 12.0. The molecule has 0 bridgehead atoms. The number of rotatable bonds is 6. The highest BCUT2D eigenvalue weighted by atomic mass is 19.1. The maximum Gasteiger partial charge on any atom is 0.243 e. The zero-order valence-electron chi connectivity index (χ0n) is 12.0. The molecule has 0 unspecified atom stereocenters. The SMILES string of the molecule is CC(=O)Nc1cnn(CC(=O)NCCc2cccc(F)c2)n1. The second-order valence-corrected chi connectivity index (χ2v) is 4.67. The highest BCUT2D eigenvalue weighted by molar-refractivity contribution is 5.87. The van der Waals surface area contributed by atoms with Crippen molar-refractivity contribution in [3.05, 3.63) is 41.8 Å². The Balaban J connectivity index is 1.76. The van der Waals surface area contributed by atoms with Crippen molar-refractivity contribution in [2.45, 2.75) is 19.9 Å². The van der Waals surface area contributed by atoms with Gasteiger partial charge >= 0.3 is 0 Å². The molecule has 0 saturated carbocycles. The van der Waals surface area contributed by atoms with Crippen LogP contribution in [-0.4, -0.2) is 33.4 Å². The Bertz CT molecular complexity index is 671. The van der Waals surface area contributed by atoms with Crippen LogP contribution >= 0.6 is 0 Å². The first-order chi connectivity index (χ1) is 10.5. The number of carbonyl (C=O) groups is 2. The fourth-order valence-electron chi connectivity index (χ4n) is 1.83. The molecule has 8 heteroatoms. The molecule has 0 aliphatic carbocycles. The smallest absolute Gasteiger partial charge is 0.243 e. The Morgan fingerprint density at radius 3 is 2.91 bits per heavy atom. The summed E-state index contributed by atoms with van der Waals surface area (Å²) in [7, 11) is 0. The van der Waals surface area contributed by atoms with Crippen molar-refractivity contribution >= 4 is 17.6 Å². The van der Waals surface area contributed by atoms with Crippen LogP contribution in [0.4, 0.5) is 10.2 Å². The van der Waals surface area contributed by atoms with Crippen molar-refractivity contribution in [3.63, 3.8) is 0 Å². The van der Waals surface area contributed by atoms with Crippen molar-refractivity contribution in [2.24, 2.45) is 0 Å². The van der Waals surface area contributed by atoms with Crippen LogP contribution in [0.1, 0.15) is 12.5 Å². The Morgan fingerprint density at radius 2 is 2.18 bits per heavy atom. The molecule has 7 nitrogen and oxygen atoms in total. The molecule has 2 aromatic rings. The van der Waals surface area contributed by atoms with Crippen molar-refractivity contribution in [1.82, 2.24) is 20.3 Å². The molecule has 0 fully saturated rings. The van der Waals surface area contributed by atoms with E-state index >= 15 is 0 Å². The average molecular weight is 305 g/mol. The molecule has 0 spiro atoms. The quantitative estimate of drug-likeness (QED) is 0.823. The number of nitrogens with zero attached hydrogens (tertiary/aromatic N) is 3. The Morgan fingerprint density at radius 1 is 1.36 bits per heavy atom. The van der Waals surface area contributed by atoms with E-state index in [1.165, 1.54) is 30.0 Å². The van der Waals surface area contributed by atoms with E-state index in [1.807, 2.05) is 0 Å². The van der Waals surface area contributed by atoms with Gasteiger partial charge in [0, 0.05) is 13.5 Å². The Hall–Kier alpha value is -2.77. The van der Waals surface area contributed by atoms with Gasteiger partial charge in [-0.2, -0.15) is 9.90 Å². The van der Waals surface area contributed by atoms with Gasteiger partial charge in [0.2, 0.25) is 11.8 Å². The Kier molecular flexibility index (Phi) is 5.18. The summed E-state index contributed by atoms with van der Waals surface area (Å²) >= 11 is 0. The zero-order chi connectivity index (χ0) is 15.9. The van der Waals surface area contributed by atoms with Crippen molar-refractivity contribution in [3.8, 4) is 0 Å². The van der Waals surface area contributed by atoms with Gasteiger partial charge in [-0.3, -0.25) is 9.59 Å². The molecular formula is C14H16FN5O2. The number of aromatic nitrogens is 3. The molecule has 2 N–H and O–H groups in total. The standard InChI is InChI=1S/C14H16FN5O2/c1-10(21)18-13-8-17-20(19-13)9-14(22)16-6-5-11-3-2-4-12(15)7-11/h2-4,7-8H,5-6,9H2,1H3,(H,16,22)(H,18,19,21). The predicted molar refractivity (Wildman–Crippen MR) is 77.4 cm³/mol. The molecule has 116 valence electrons. The van der Waals surface area contributed by atoms with Crippen LogP contribution in [-0.2, 0) is 22.6 Å². The van der Waals surface area contributed by atoms with Crippen molar-refractivity contribution < 1.29 is 14.0 Å². The molecule has 1 aromatic heterocycles. The summed E-state index contributed by atoms with van der Waals surface area (Å²) in [6, 6.07) is 6.23. The van der Waals surface area contributed by atoms with Gasteiger partial charge in [0.15, 0.2) is 5.82 Å². The molecule has 22 heavy (non-hydrogen) atoms. The van der Waals surface area contributed by atoms with E-state index in [-0.39, 0.29) is 24.2 Å². The minimum Gasteiger partial charge on any atom is -0.354 e. The average Bonchev–Trinajstić information content (AvgIpc) is 2.85. The third kappa shape index (κ3) is 4.97. The van der Waals surface area contributed by atoms with Gasteiger partial charge in [0.1, 0.15) is 12.4 Å². The second kappa shape index (κ2) is 7.30. The van der Waals surface area contributed by atoms with E-state index in [9.17, 15) is 14.0 Å². The number of hydrogen-bond donors (Lipinski definition) is 2. The third-order valence-electron chi connectivity index (χ3n) is 2.75. The molecule has 2 rings (SSSR count). The molecule has 1 aromatic carbocycles.